The number of hydrogen-bond acceptors (Lipinski definition) is 5. The SMILES string of the molecule is COc1cc2c(cc1OC)N(Cc1cccnc1)C(C)(C)CN2. The van der Waals surface area contributed by atoms with Crippen molar-refractivity contribution in [1.82, 2.24) is 4.98 Å². The average molecular weight is 313 g/mol. The summed E-state index contributed by atoms with van der Waals surface area (Å²) in [6.07, 6.45) is 3.72. The number of benzene rings is 1. The highest BCUT2D eigenvalue weighted by molar-refractivity contribution is 5.78. The normalized spacial score (nSPS) is 15.6. The van der Waals surface area contributed by atoms with Gasteiger partial charge in [-0.05, 0) is 25.5 Å². The second-order valence-corrected chi connectivity index (χ2v) is 6.34. The Hall–Kier alpha value is -2.43. The Morgan fingerprint density at radius 3 is 2.61 bits per heavy atom. The third-order valence-electron chi connectivity index (χ3n) is 4.30. The van der Waals surface area contributed by atoms with Gasteiger partial charge in [-0.2, -0.15) is 0 Å². The van der Waals surface area contributed by atoms with Crippen LogP contribution >= 0.6 is 0 Å². The molecule has 0 fully saturated rings. The number of aromatic nitrogens is 1. The molecule has 1 aromatic carbocycles. The average Bonchev–Trinajstić information content (AvgIpc) is 2.57. The van der Waals surface area contributed by atoms with Crippen LogP contribution < -0.4 is 19.7 Å². The summed E-state index contributed by atoms with van der Waals surface area (Å²) < 4.78 is 10.9. The number of methoxy groups -OCH3 is 2. The molecule has 2 aromatic rings. The van der Waals surface area contributed by atoms with Crippen LogP contribution in [0.4, 0.5) is 11.4 Å². The number of ether oxygens (including phenoxy) is 2. The van der Waals surface area contributed by atoms with Crippen molar-refractivity contribution >= 4 is 11.4 Å². The predicted octanol–water partition coefficient (Wildman–Crippen LogP) is 3.31. The quantitative estimate of drug-likeness (QED) is 0.938. The summed E-state index contributed by atoms with van der Waals surface area (Å²) in [5, 5.41) is 3.50. The smallest absolute Gasteiger partial charge is 0.162 e. The van der Waals surface area contributed by atoms with E-state index in [4.69, 9.17) is 9.47 Å². The molecule has 1 aliphatic rings. The first kappa shape index (κ1) is 15.5. The first-order valence-electron chi connectivity index (χ1n) is 7.71. The second kappa shape index (κ2) is 5.99. The number of nitrogens with one attached hydrogen (secondary N) is 1. The van der Waals surface area contributed by atoms with Crippen molar-refractivity contribution in [1.29, 1.82) is 0 Å². The third kappa shape index (κ3) is 2.91. The minimum Gasteiger partial charge on any atom is -0.493 e. The summed E-state index contributed by atoms with van der Waals surface area (Å²) in [5.74, 6) is 1.47. The Morgan fingerprint density at radius 1 is 1.22 bits per heavy atom. The Kier molecular flexibility index (Phi) is 4.03. The molecular formula is C18H23N3O2. The zero-order valence-corrected chi connectivity index (χ0v) is 14.1. The first-order valence-corrected chi connectivity index (χ1v) is 7.71. The molecule has 1 aliphatic heterocycles. The van der Waals surface area contributed by atoms with Crippen molar-refractivity contribution < 1.29 is 9.47 Å². The van der Waals surface area contributed by atoms with Gasteiger partial charge in [0.05, 0.1) is 31.1 Å². The summed E-state index contributed by atoms with van der Waals surface area (Å²) in [4.78, 5) is 6.61. The fourth-order valence-corrected chi connectivity index (χ4v) is 2.94. The van der Waals surface area contributed by atoms with Crippen LogP contribution in [-0.4, -0.2) is 31.3 Å². The van der Waals surface area contributed by atoms with Crippen LogP contribution in [-0.2, 0) is 6.54 Å². The molecule has 0 bridgehead atoms. The molecule has 5 heteroatoms. The molecule has 0 aliphatic carbocycles. The third-order valence-corrected chi connectivity index (χ3v) is 4.30. The minimum absolute atomic E-state index is 0.0254. The van der Waals surface area contributed by atoms with Gasteiger partial charge in [0.1, 0.15) is 0 Å². The summed E-state index contributed by atoms with van der Waals surface area (Å²) in [5.41, 5.74) is 3.33. The fourth-order valence-electron chi connectivity index (χ4n) is 2.94. The van der Waals surface area contributed by atoms with Gasteiger partial charge in [0.15, 0.2) is 11.5 Å². The van der Waals surface area contributed by atoms with Crippen LogP contribution in [0.15, 0.2) is 36.7 Å². The lowest BCUT2D eigenvalue weighted by Gasteiger charge is -2.45. The Labute approximate surface area is 137 Å². The molecule has 0 unspecified atom stereocenters. The fraction of sp³-hybridized carbons (Fsp3) is 0.389. The van der Waals surface area contributed by atoms with Crippen LogP contribution in [0.3, 0.4) is 0 Å². The van der Waals surface area contributed by atoms with E-state index in [0.29, 0.717) is 0 Å². The molecule has 1 aromatic heterocycles. The zero-order valence-electron chi connectivity index (χ0n) is 14.1. The van der Waals surface area contributed by atoms with Crippen LogP contribution in [0.25, 0.3) is 0 Å². The van der Waals surface area contributed by atoms with E-state index in [-0.39, 0.29) is 5.54 Å². The van der Waals surface area contributed by atoms with Crippen molar-refractivity contribution in [3.63, 3.8) is 0 Å². The van der Waals surface area contributed by atoms with Gasteiger partial charge in [-0.3, -0.25) is 4.98 Å². The first-order chi connectivity index (χ1) is 11.0. The van der Waals surface area contributed by atoms with Crippen molar-refractivity contribution in [3.8, 4) is 11.5 Å². The lowest BCUT2D eigenvalue weighted by molar-refractivity contribution is 0.354. The topological polar surface area (TPSA) is 46.6 Å². The molecule has 1 N–H and O–H groups in total. The largest absolute Gasteiger partial charge is 0.493 e. The van der Waals surface area contributed by atoms with Gasteiger partial charge in [0, 0.05) is 37.6 Å². The van der Waals surface area contributed by atoms with E-state index in [9.17, 15) is 0 Å². The van der Waals surface area contributed by atoms with Gasteiger partial charge in [-0.25, -0.2) is 0 Å². The van der Waals surface area contributed by atoms with Gasteiger partial charge in [-0.1, -0.05) is 6.07 Å². The van der Waals surface area contributed by atoms with E-state index in [2.05, 4.69) is 35.1 Å². The van der Waals surface area contributed by atoms with E-state index in [1.807, 2.05) is 24.4 Å². The van der Waals surface area contributed by atoms with Crippen LogP contribution in [0.2, 0.25) is 0 Å². The predicted molar refractivity (Wildman–Crippen MR) is 92.5 cm³/mol. The van der Waals surface area contributed by atoms with E-state index < -0.39 is 0 Å². The molecule has 3 rings (SSSR count). The zero-order chi connectivity index (χ0) is 16.4. The van der Waals surface area contributed by atoms with Gasteiger partial charge in [0.25, 0.3) is 0 Å². The van der Waals surface area contributed by atoms with Crippen molar-refractivity contribution in [2.45, 2.75) is 25.9 Å². The van der Waals surface area contributed by atoms with Crippen molar-refractivity contribution in [3.05, 3.63) is 42.2 Å². The van der Waals surface area contributed by atoms with E-state index in [0.717, 1.165) is 36.0 Å². The maximum Gasteiger partial charge on any atom is 0.162 e. The molecule has 122 valence electrons. The minimum atomic E-state index is -0.0254. The molecule has 0 spiro atoms. The summed E-state index contributed by atoms with van der Waals surface area (Å²) in [6, 6.07) is 8.11. The van der Waals surface area contributed by atoms with Gasteiger partial charge in [0.2, 0.25) is 0 Å². The van der Waals surface area contributed by atoms with E-state index >= 15 is 0 Å². The summed E-state index contributed by atoms with van der Waals surface area (Å²) in [6.45, 7) is 6.12. The molecule has 0 saturated heterocycles. The molecule has 0 amide bonds. The van der Waals surface area contributed by atoms with Gasteiger partial charge >= 0.3 is 0 Å². The highest BCUT2D eigenvalue weighted by Crippen LogP contribution is 2.43. The summed E-state index contributed by atoms with van der Waals surface area (Å²) >= 11 is 0. The Morgan fingerprint density at radius 2 is 1.96 bits per heavy atom. The number of anilines is 2. The maximum absolute atomic E-state index is 5.48. The number of fused-ring (bicyclic) bond motifs is 1. The Bertz CT molecular complexity index is 686. The lowest BCUT2D eigenvalue weighted by Crippen LogP contribution is -2.51. The molecule has 0 saturated carbocycles. The number of pyridine rings is 1. The number of rotatable bonds is 4. The highest BCUT2D eigenvalue weighted by atomic mass is 16.5. The monoisotopic (exact) mass is 313 g/mol. The second-order valence-electron chi connectivity index (χ2n) is 6.34. The van der Waals surface area contributed by atoms with Crippen LogP contribution in [0, 0.1) is 0 Å². The van der Waals surface area contributed by atoms with Crippen LogP contribution in [0.5, 0.6) is 11.5 Å². The summed E-state index contributed by atoms with van der Waals surface area (Å²) in [7, 11) is 3.32. The van der Waals surface area contributed by atoms with Crippen LogP contribution in [0.1, 0.15) is 19.4 Å². The highest BCUT2D eigenvalue weighted by Gasteiger charge is 2.33. The van der Waals surface area contributed by atoms with E-state index in [1.165, 1.54) is 5.56 Å². The van der Waals surface area contributed by atoms with Crippen molar-refractivity contribution in [2.75, 3.05) is 31.0 Å². The standard InChI is InChI=1S/C18H23N3O2/c1-18(2)12-20-14-8-16(22-3)17(23-4)9-15(14)21(18)11-13-6-5-7-19-10-13/h5-10,20H,11-12H2,1-4H3. The molecule has 2 heterocycles. The molecular weight excluding hydrogens is 290 g/mol. The molecule has 0 atom stereocenters. The van der Waals surface area contributed by atoms with Crippen molar-refractivity contribution in [2.24, 2.45) is 0 Å². The molecule has 5 nitrogen and oxygen atoms in total. The Balaban J connectivity index is 2.04. The molecule has 23 heavy (non-hydrogen) atoms. The number of nitrogens with zero attached hydrogens (tertiary/aromatic N) is 2. The van der Waals surface area contributed by atoms with Gasteiger partial charge in [-0.15, -0.1) is 0 Å². The van der Waals surface area contributed by atoms with E-state index in [1.54, 1.807) is 20.4 Å². The molecule has 0 radical (unpaired) electrons. The maximum atomic E-state index is 5.48. The number of hydrogen-bond donors (Lipinski definition) is 1. The van der Waals surface area contributed by atoms with Gasteiger partial charge < -0.3 is 19.7 Å². The lowest BCUT2D eigenvalue weighted by atomic mass is 9.96.